The van der Waals surface area contributed by atoms with Gasteiger partial charge in [0.2, 0.25) is 0 Å². The van der Waals surface area contributed by atoms with Crippen LogP contribution in [0.2, 0.25) is 0 Å². The molecule has 1 unspecified atom stereocenters. The van der Waals surface area contributed by atoms with E-state index in [0.717, 1.165) is 16.3 Å². The van der Waals surface area contributed by atoms with Gasteiger partial charge in [-0.3, -0.25) is 4.98 Å². The van der Waals surface area contributed by atoms with Gasteiger partial charge in [0.1, 0.15) is 6.10 Å². The van der Waals surface area contributed by atoms with Gasteiger partial charge in [-0.05, 0) is 29.1 Å². The lowest BCUT2D eigenvalue weighted by Crippen LogP contribution is -2.03. The molecule has 1 aromatic heterocycles. The van der Waals surface area contributed by atoms with Gasteiger partial charge in [0.25, 0.3) is 0 Å². The third kappa shape index (κ3) is 2.49. The number of aromatic nitrogens is 1. The zero-order valence-corrected chi connectivity index (χ0v) is 12.5. The summed E-state index contributed by atoms with van der Waals surface area (Å²) < 4.78 is 10.7. The zero-order chi connectivity index (χ0) is 15.5. The van der Waals surface area contributed by atoms with Crippen molar-refractivity contribution in [1.29, 1.82) is 0 Å². The molecule has 0 radical (unpaired) electrons. The summed E-state index contributed by atoms with van der Waals surface area (Å²) in [7, 11) is 3.19. The van der Waals surface area contributed by atoms with Crippen molar-refractivity contribution < 1.29 is 14.6 Å². The minimum absolute atomic E-state index is 0.602. The fourth-order valence-corrected chi connectivity index (χ4v) is 2.53. The second kappa shape index (κ2) is 6.03. The van der Waals surface area contributed by atoms with Gasteiger partial charge in [-0.25, -0.2) is 0 Å². The van der Waals surface area contributed by atoms with E-state index < -0.39 is 6.10 Å². The summed E-state index contributed by atoms with van der Waals surface area (Å²) in [4.78, 5) is 4.37. The number of pyridine rings is 1. The Morgan fingerprint density at radius 3 is 2.32 bits per heavy atom. The van der Waals surface area contributed by atoms with E-state index in [1.54, 1.807) is 20.4 Å². The first kappa shape index (κ1) is 14.4. The number of ether oxygens (including phenoxy) is 2. The van der Waals surface area contributed by atoms with Crippen LogP contribution >= 0.6 is 0 Å². The van der Waals surface area contributed by atoms with Crippen LogP contribution in [0.4, 0.5) is 0 Å². The van der Waals surface area contributed by atoms with Gasteiger partial charge in [-0.15, -0.1) is 0 Å². The molecule has 0 amide bonds. The molecule has 1 heterocycles. The van der Waals surface area contributed by atoms with Crippen molar-refractivity contribution in [3.8, 4) is 11.5 Å². The highest BCUT2D eigenvalue weighted by Crippen LogP contribution is 2.35. The molecule has 4 heteroatoms. The van der Waals surface area contributed by atoms with Crippen LogP contribution < -0.4 is 9.47 Å². The highest BCUT2D eigenvalue weighted by molar-refractivity contribution is 5.88. The predicted octanol–water partition coefficient (Wildman–Crippen LogP) is 3.33. The van der Waals surface area contributed by atoms with Crippen LogP contribution in [0, 0.1) is 0 Å². The van der Waals surface area contributed by atoms with Crippen molar-refractivity contribution in [2.24, 2.45) is 0 Å². The third-order valence-electron chi connectivity index (χ3n) is 3.67. The Morgan fingerprint density at radius 2 is 1.64 bits per heavy atom. The number of fused-ring (bicyclic) bond motifs is 1. The molecule has 0 spiro atoms. The summed E-state index contributed by atoms with van der Waals surface area (Å²) in [5.41, 5.74) is 1.40. The fourth-order valence-electron chi connectivity index (χ4n) is 2.53. The van der Waals surface area contributed by atoms with Crippen LogP contribution in [0.1, 0.15) is 17.4 Å². The van der Waals surface area contributed by atoms with Gasteiger partial charge in [0, 0.05) is 11.6 Å². The molecule has 0 saturated heterocycles. The summed E-state index contributed by atoms with van der Waals surface area (Å²) in [6, 6.07) is 15.1. The number of hydrogen-bond acceptors (Lipinski definition) is 4. The first-order valence-corrected chi connectivity index (χ1v) is 6.98. The maximum absolute atomic E-state index is 10.6. The molecule has 0 aliphatic rings. The molecular weight excluding hydrogens is 278 g/mol. The zero-order valence-electron chi connectivity index (χ0n) is 12.5. The highest BCUT2D eigenvalue weighted by atomic mass is 16.5. The molecule has 3 rings (SSSR count). The molecule has 0 aliphatic carbocycles. The lowest BCUT2D eigenvalue weighted by atomic mass is 10.0. The quantitative estimate of drug-likeness (QED) is 0.802. The van der Waals surface area contributed by atoms with Crippen LogP contribution in [-0.2, 0) is 0 Å². The first-order chi connectivity index (χ1) is 10.7. The van der Waals surface area contributed by atoms with Crippen LogP contribution in [0.5, 0.6) is 11.5 Å². The number of hydrogen-bond donors (Lipinski definition) is 1. The van der Waals surface area contributed by atoms with Crippen LogP contribution in [0.3, 0.4) is 0 Å². The van der Waals surface area contributed by atoms with Crippen LogP contribution in [0.25, 0.3) is 10.8 Å². The smallest absolute Gasteiger partial charge is 0.161 e. The van der Waals surface area contributed by atoms with Gasteiger partial charge in [-0.2, -0.15) is 0 Å². The van der Waals surface area contributed by atoms with E-state index in [4.69, 9.17) is 9.47 Å². The standard InChI is InChI=1S/C18H17NO3/c1-21-15-10-13-8-9-19-17(14(13)11-16(15)22-2)18(20)12-6-4-3-5-7-12/h3-11,18,20H,1-2H3. The average Bonchev–Trinajstić information content (AvgIpc) is 2.60. The Labute approximate surface area is 129 Å². The second-order valence-electron chi connectivity index (χ2n) is 4.94. The van der Waals surface area contributed by atoms with E-state index in [-0.39, 0.29) is 0 Å². The van der Waals surface area contributed by atoms with Crippen LogP contribution in [0.15, 0.2) is 54.7 Å². The molecule has 22 heavy (non-hydrogen) atoms. The number of nitrogens with zero attached hydrogens (tertiary/aromatic N) is 1. The van der Waals surface area contributed by atoms with Gasteiger partial charge in [0.05, 0.1) is 19.9 Å². The monoisotopic (exact) mass is 295 g/mol. The maximum Gasteiger partial charge on any atom is 0.161 e. The van der Waals surface area contributed by atoms with Crippen LogP contribution in [-0.4, -0.2) is 24.3 Å². The summed E-state index contributed by atoms with van der Waals surface area (Å²) in [5, 5.41) is 12.4. The molecule has 0 fully saturated rings. The lowest BCUT2D eigenvalue weighted by molar-refractivity contribution is 0.217. The van der Waals surface area contributed by atoms with Crippen molar-refractivity contribution in [3.63, 3.8) is 0 Å². The van der Waals surface area contributed by atoms with E-state index in [1.165, 1.54) is 0 Å². The summed E-state index contributed by atoms with van der Waals surface area (Å²) in [6.07, 6.45) is 0.901. The maximum atomic E-state index is 10.6. The van der Waals surface area contributed by atoms with E-state index in [1.807, 2.05) is 48.5 Å². The predicted molar refractivity (Wildman–Crippen MR) is 85.4 cm³/mol. The fraction of sp³-hybridized carbons (Fsp3) is 0.167. The second-order valence-corrected chi connectivity index (χ2v) is 4.94. The van der Waals surface area contributed by atoms with Crippen molar-refractivity contribution in [2.45, 2.75) is 6.10 Å². The molecule has 0 bridgehead atoms. The molecule has 4 nitrogen and oxygen atoms in total. The van der Waals surface area contributed by atoms with Crippen molar-refractivity contribution in [2.75, 3.05) is 14.2 Å². The van der Waals surface area contributed by atoms with E-state index in [9.17, 15) is 5.11 Å². The topological polar surface area (TPSA) is 51.6 Å². The molecule has 112 valence electrons. The largest absolute Gasteiger partial charge is 0.493 e. The van der Waals surface area contributed by atoms with E-state index in [2.05, 4.69) is 4.98 Å². The lowest BCUT2D eigenvalue weighted by Gasteiger charge is -2.15. The number of methoxy groups -OCH3 is 2. The summed E-state index contributed by atoms with van der Waals surface area (Å²) in [6.45, 7) is 0. The minimum atomic E-state index is -0.789. The molecule has 3 aromatic rings. The molecular formula is C18H17NO3. The van der Waals surface area contributed by atoms with Gasteiger partial charge in [-0.1, -0.05) is 30.3 Å². The van der Waals surface area contributed by atoms with Gasteiger partial charge < -0.3 is 14.6 Å². The number of aliphatic hydroxyl groups excluding tert-OH is 1. The average molecular weight is 295 g/mol. The number of rotatable bonds is 4. The Hall–Kier alpha value is -2.59. The molecule has 2 aromatic carbocycles. The Morgan fingerprint density at radius 1 is 0.955 bits per heavy atom. The molecule has 1 N–H and O–H groups in total. The van der Waals surface area contributed by atoms with Crippen molar-refractivity contribution in [3.05, 3.63) is 66.0 Å². The number of benzene rings is 2. The van der Waals surface area contributed by atoms with Crippen molar-refractivity contribution in [1.82, 2.24) is 4.98 Å². The number of aliphatic hydroxyl groups is 1. The van der Waals surface area contributed by atoms with E-state index in [0.29, 0.717) is 17.2 Å². The van der Waals surface area contributed by atoms with E-state index >= 15 is 0 Å². The minimum Gasteiger partial charge on any atom is -0.493 e. The van der Waals surface area contributed by atoms with Gasteiger partial charge in [0.15, 0.2) is 11.5 Å². The third-order valence-corrected chi connectivity index (χ3v) is 3.67. The van der Waals surface area contributed by atoms with Gasteiger partial charge >= 0.3 is 0 Å². The van der Waals surface area contributed by atoms with Crippen molar-refractivity contribution >= 4 is 10.8 Å². The highest BCUT2D eigenvalue weighted by Gasteiger charge is 2.17. The Bertz CT molecular complexity index is 787. The summed E-state index contributed by atoms with van der Waals surface area (Å²) >= 11 is 0. The molecule has 0 aliphatic heterocycles. The normalized spacial score (nSPS) is 12.1. The first-order valence-electron chi connectivity index (χ1n) is 6.98. The molecule has 0 saturated carbocycles. The SMILES string of the molecule is COc1cc2ccnc(C(O)c3ccccc3)c2cc1OC. The Kier molecular flexibility index (Phi) is 3.94. The Balaban J connectivity index is 2.18. The molecule has 1 atom stereocenters. The summed E-state index contributed by atoms with van der Waals surface area (Å²) in [5.74, 6) is 1.27.